The molecule has 4 heteroatoms. The minimum atomic E-state index is 0.0107. The van der Waals surface area contributed by atoms with Gasteiger partial charge in [0.1, 0.15) is 0 Å². The summed E-state index contributed by atoms with van der Waals surface area (Å²) in [6.45, 7) is 6.98. The quantitative estimate of drug-likeness (QED) is 0.869. The zero-order chi connectivity index (χ0) is 14.7. The zero-order valence-corrected chi connectivity index (χ0v) is 12.8. The number of piperidine rings is 1. The normalized spacial score (nSPS) is 22.8. The number of aryl methyl sites for hydroxylation is 1. The van der Waals surface area contributed by atoms with E-state index in [1.807, 2.05) is 0 Å². The fourth-order valence-electron chi connectivity index (χ4n) is 3.30. The van der Waals surface area contributed by atoms with E-state index >= 15 is 0 Å². The summed E-state index contributed by atoms with van der Waals surface area (Å²) in [7, 11) is 0. The molecule has 0 atom stereocenters. The highest BCUT2D eigenvalue weighted by atomic mass is 16.5. The van der Waals surface area contributed by atoms with E-state index in [0.29, 0.717) is 19.3 Å². The van der Waals surface area contributed by atoms with Crippen LogP contribution in [0.1, 0.15) is 18.4 Å². The molecule has 21 heavy (non-hydrogen) atoms. The summed E-state index contributed by atoms with van der Waals surface area (Å²) in [4.78, 5) is 2.48. The van der Waals surface area contributed by atoms with E-state index in [1.165, 1.54) is 11.3 Å². The lowest BCUT2D eigenvalue weighted by Crippen LogP contribution is -2.55. The lowest BCUT2D eigenvalue weighted by Gasteiger charge is -2.45. The summed E-state index contributed by atoms with van der Waals surface area (Å²) in [5.74, 6) is 0. The fourth-order valence-corrected chi connectivity index (χ4v) is 3.30. The largest absolute Gasteiger partial charge is 0.396 e. The second-order valence-electron chi connectivity index (χ2n) is 6.72. The summed E-state index contributed by atoms with van der Waals surface area (Å²) in [5, 5.41) is 13.2. The fraction of sp³-hybridized carbons (Fsp3) is 0.647. The molecule has 3 rings (SSSR count). The lowest BCUT2D eigenvalue weighted by molar-refractivity contribution is -0.149. The molecule has 2 aliphatic rings. The SMILES string of the molecule is Cc1cccc(NC2CCN(CC3(CO)COC3)CC2)c1. The van der Waals surface area contributed by atoms with Gasteiger partial charge in [-0.05, 0) is 37.5 Å². The smallest absolute Gasteiger partial charge is 0.0579 e. The van der Waals surface area contributed by atoms with Gasteiger partial charge in [0.05, 0.1) is 25.2 Å². The third-order valence-corrected chi connectivity index (χ3v) is 4.69. The maximum absolute atomic E-state index is 9.52. The van der Waals surface area contributed by atoms with E-state index in [0.717, 1.165) is 32.5 Å². The van der Waals surface area contributed by atoms with Crippen LogP contribution in [-0.4, -0.2) is 55.5 Å². The van der Waals surface area contributed by atoms with Gasteiger partial charge in [0.25, 0.3) is 0 Å². The van der Waals surface area contributed by atoms with Crippen LogP contribution in [0.25, 0.3) is 0 Å². The molecule has 0 aliphatic carbocycles. The zero-order valence-electron chi connectivity index (χ0n) is 12.8. The minimum Gasteiger partial charge on any atom is -0.396 e. The number of hydrogen-bond acceptors (Lipinski definition) is 4. The average Bonchev–Trinajstić information content (AvgIpc) is 2.45. The maximum Gasteiger partial charge on any atom is 0.0579 e. The second kappa shape index (κ2) is 6.34. The number of likely N-dealkylation sites (tertiary alicyclic amines) is 1. The molecule has 1 aromatic carbocycles. The van der Waals surface area contributed by atoms with Crippen LogP contribution in [0.15, 0.2) is 24.3 Å². The Morgan fingerprint density at radius 1 is 1.33 bits per heavy atom. The van der Waals surface area contributed by atoms with Crippen molar-refractivity contribution in [2.75, 3.05) is 44.8 Å². The predicted octanol–water partition coefficient (Wildman–Crippen LogP) is 1.88. The highest BCUT2D eigenvalue weighted by Crippen LogP contribution is 2.29. The molecule has 0 unspecified atom stereocenters. The predicted molar refractivity (Wildman–Crippen MR) is 84.6 cm³/mol. The van der Waals surface area contributed by atoms with E-state index in [2.05, 4.69) is 41.4 Å². The molecular weight excluding hydrogens is 264 g/mol. The third kappa shape index (κ3) is 3.57. The van der Waals surface area contributed by atoms with Gasteiger partial charge in [0.2, 0.25) is 0 Å². The molecule has 116 valence electrons. The lowest BCUT2D eigenvalue weighted by atomic mass is 9.85. The minimum absolute atomic E-state index is 0.0107. The van der Waals surface area contributed by atoms with E-state index in [4.69, 9.17) is 4.74 Å². The van der Waals surface area contributed by atoms with Gasteiger partial charge in [-0.3, -0.25) is 0 Å². The molecule has 2 saturated heterocycles. The first-order valence-corrected chi connectivity index (χ1v) is 7.93. The van der Waals surface area contributed by atoms with Gasteiger partial charge in [-0.15, -0.1) is 0 Å². The van der Waals surface area contributed by atoms with E-state index in [1.54, 1.807) is 0 Å². The number of anilines is 1. The van der Waals surface area contributed by atoms with Gasteiger partial charge in [0.15, 0.2) is 0 Å². The Morgan fingerprint density at radius 3 is 2.67 bits per heavy atom. The van der Waals surface area contributed by atoms with Crippen molar-refractivity contribution in [1.82, 2.24) is 4.90 Å². The molecule has 0 radical (unpaired) electrons. The van der Waals surface area contributed by atoms with Crippen molar-refractivity contribution in [3.05, 3.63) is 29.8 Å². The molecule has 0 bridgehead atoms. The molecule has 2 aliphatic heterocycles. The summed E-state index contributed by atoms with van der Waals surface area (Å²) in [6, 6.07) is 9.15. The summed E-state index contributed by atoms with van der Waals surface area (Å²) >= 11 is 0. The van der Waals surface area contributed by atoms with Gasteiger partial charge in [-0.1, -0.05) is 12.1 Å². The highest BCUT2D eigenvalue weighted by molar-refractivity contribution is 5.46. The van der Waals surface area contributed by atoms with Crippen molar-refractivity contribution in [2.45, 2.75) is 25.8 Å². The first-order chi connectivity index (χ1) is 10.2. The van der Waals surface area contributed by atoms with Crippen molar-refractivity contribution < 1.29 is 9.84 Å². The Balaban J connectivity index is 1.47. The molecule has 0 amide bonds. The monoisotopic (exact) mass is 290 g/mol. The number of aliphatic hydroxyl groups is 1. The van der Waals surface area contributed by atoms with Gasteiger partial charge < -0.3 is 20.1 Å². The molecule has 0 aromatic heterocycles. The molecular formula is C17H26N2O2. The summed E-state index contributed by atoms with van der Waals surface area (Å²) < 4.78 is 5.28. The van der Waals surface area contributed by atoms with Gasteiger partial charge in [0, 0.05) is 31.4 Å². The second-order valence-corrected chi connectivity index (χ2v) is 6.72. The van der Waals surface area contributed by atoms with E-state index in [-0.39, 0.29) is 12.0 Å². The summed E-state index contributed by atoms with van der Waals surface area (Å²) in [6.07, 6.45) is 2.33. The molecule has 2 N–H and O–H groups in total. The first-order valence-electron chi connectivity index (χ1n) is 7.93. The first kappa shape index (κ1) is 14.8. The third-order valence-electron chi connectivity index (χ3n) is 4.69. The van der Waals surface area contributed by atoms with Crippen molar-refractivity contribution in [3.63, 3.8) is 0 Å². The van der Waals surface area contributed by atoms with Crippen LogP contribution in [0.5, 0.6) is 0 Å². The van der Waals surface area contributed by atoms with Gasteiger partial charge in [-0.25, -0.2) is 0 Å². The van der Waals surface area contributed by atoms with Gasteiger partial charge in [-0.2, -0.15) is 0 Å². The van der Waals surface area contributed by atoms with Crippen LogP contribution in [0.2, 0.25) is 0 Å². The molecule has 1 aromatic rings. The number of nitrogens with zero attached hydrogens (tertiary/aromatic N) is 1. The van der Waals surface area contributed by atoms with Crippen molar-refractivity contribution >= 4 is 5.69 Å². The van der Waals surface area contributed by atoms with Crippen LogP contribution in [0, 0.1) is 12.3 Å². The molecule has 0 saturated carbocycles. The molecule has 4 nitrogen and oxygen atoms in total. The number of rotatable bonds is 5. The standard InChI is InChI=1S/C17H26N2O2/c1-14-3-2-4-16(9-14)18-15-5-7-19(8-6-15)10-17(11-20)12-21-13-17/h2-4,9,15,18,20H,5-8,10-13H2,1H3. The van der Waals surface area contributed by atoms with Crippen LogP contribution in [-0.2, 0) is 4.74 Å². The van der Waals surface area contributed by atoms with Crippen LogP contribution in [0.3, 0.4) is 0 Å². The Bertz CT molecular complexity index is 460. The molecule has 2 heterocycles. The number of benzene rings is 1. The van der Waals surface area contributed by atoms with Gasteiger partial charge >= 0.3 is 0 Å². The summed E-state index contributed by atoms with van der Waals surface area (Å²) in [5.41, 5.74) is 2.54. The van der Waals surface area contributed by atoms with Crippen LogP contribution >= 0.6 is 0 Å². The molecule has 0 spiro atoms. The number of aliphatic hydroxyl groups excluding tert-OH is 1. The number of nitrogens with one attached hydrogen (secondary N) is 1. The number of ether oxygens (including phenoxy) is 1. The van der Waals surface area contributed by atoms with Crippen molar-refractivity contribution in [1.29, 1.82) is 0 Å². The number of hydrogen-bond donors (Lipinski definition) is 2. The van der Waals surface area contributed by atoms with Crippen molar-refractivity contribution in [2.24, 2.45) is 5.41 Å². The Morgan fingerprint density at radius 2 is 2.10 bits per heavy atom. The Hall–Kier alpha value is -1.10. The van der Waals surface area contributed by atoms with Crippen LogP contribution < -0.4 is 5.32 Å². The van der Waals surface area contributed by atoms with Crippen molar-refractivity contribution in [3.8, 4) is 0 Å². The topological polar surface area (TPSA) is 44.7 Å². The average molecular weight is 290 g/mol. The Labute approximate surface area is 127 Å². The van der Waals surface area contributed by atoms with E-state index < -0.39 is 0 Å². The Kier molecular flexibility index (Phi) is 4.48. The highest BCUT2D eigenvalue weighted by Gasteiger charge is 2.40. The van der Waals surface area contributed by atoms with Crippen LogP contribution in [0.4, 0.5) is 5.69 Å². The maximum atomic E-state index is 9.52. The molecule has 2 fully saturated rings. The van der Waals surface area contributed by atoms with E-state index in [9.17, 15) is 5.11 Å².